The Labute approximate surface area is 144 Å². The minimum Gasteiger partial charge on any atom is -0.321 e. The van der Waals surface area contributed by atoms with E-state index < -0.39 is 0 Å². The van der Waals surface area contributed by atoms with E-state index >= 15 is 0 Å². The molecule has 0 aromatic carbocycles. The summed E-state index contributed by atoms with van der Waals surface area (Å²) in [5.74, 6) is 0. The fourth-order valence-corrected chi connectivity index (χ4v) is 3.26. The summed E-state index contributed by atoms with van der Waals surface area (Å²) in [7, 11) is 2.28. The summed E-state index contributed by atoms with van der Waals surface area (Å²) in [4.78, 5) is 6.78. The van der Waals surface area contributed by atoms with Gasteiger partial charge in [-0.15, -0.1) is 0 Å². The molecule has 0 aliphatic heterocycles. The third kappa shape index (κ3) is 9.14. The molecule has 0 N–H and O–H groups in total. The third-order valence-corrected chi connectivity index (χ3v) is 4.81. The SMILES string of the molecule is CCCCCCCCN(C)C(CCCCCCC)n1ccnc1. The van der Waals surface area contributed by atoms with Gasteiger partial charge >= 0.3 is 0 Å². The van der Waals surface area contributed by atoms with Crippen LogP contribution in [0.1, 0.15) is 97.1 Å². The fraction of sp³-hybridized carbons (Fsp3) is 0.850. The molecule has 0 saturated carbocycles. The van der Waals surface area contributed by atoms with Crippen molar-refractivity contribution >= 4 is 0 Å². The van der Waals surface area contributed by atoms with E-state index in [-0.39, 0.29) is 0 Å². The number of nitrogens with zero attached hydrogens (tertiary/aromatic N) is 3. The molecule has 1 atom stereocenters. The van der Waals surface area contributed by atoms with Crippen LogP contribution in [0.2, 0.25) is 0 Å². The summed E-state index contributed by atoms with van der Waals surface area (Å²) in [5, 5.41) is 0. The summed E-state index contributed by atoms with van der Waals surface area (Å²) >= 11 is 0. The Morgan fingerprint density at radius 1 is 0.870 bits per heavy atom. The number of hydrogen-bond acceptors (Lipinski definition) is 2. The van der Waals surface area contributed by atoms with Crippen LogP contribution < -0.4 is 0 Å². The van der Waals surface area contributed by atoms with Crippen molar-refractivity contribution in [3.63, 3.8) is 0 Å². The Morgan fingerprint density at radius 2 is 1.48 bits per heavy atom. The Morgan fingerprint density at radius 3 is 2.09 bits per heavy atom. The molecule has 0 spiro atoms. The Hall–Kier alpha value is -0.830. The van der Waals surface area contributed by atoms with E-state index in [1.54, 1.807) is 0 Å². The van der Waals surface area contributed by atoms with Crippen LogP contribution >= 0.6 is 0 Å². The van der Waals surface area contributed by atoms with E-state index in [2.05, 4.69) is 41.5 Å². The molecule has 23 heavy (non-hydrogen) atoms. The van der Waals surface area contributed by atoms with Gasteiger partial charge in [-0.1, -0.05) is 78.1 Å². The van der Waals surface area contributed by atoms with Gasteiger partial charge in [-0.25, -0.2) is 4.98 Å². The fourth-order valence-electron chi connectivity index (χ4n) is 3.26. The van der Waals surface area contributed by atoms with Gasteiger partial charge in [0.25, 0.3) is 0 Å². The van der Waals surface area contributed by atoms with Crippen molar-refractivity contribution in [2.75, 3.05) is 13.6 Å². The van der Waals surface area contributed by atoms with Crippen LogP contribution in [0.4, 0.5) is 0 Å². The quantitative estimate of drug-likeness (QED) is 0.367. The first-order valence-corrected chi connectivity index (χ1v) is 9.97. The molecule has 0 bridgehead atoms. The van der Waals surface area contributed by atoms with E-state index in [1.165, 1.54) is 83.6 Å². The predicted octanol–water partition coefficient (Wildman–Crippen LogP) is 6.03. The van der Waals surface area contributed by atoms with Crippen molar-refractivity contribution in [3.05, 3.63) is 18.7 Å². The van der Waals surface area contributed by atoms with Crippen molar-refractivity contribution in [2.24, 2.45) is 0 Å². The third-order valence-electron chi connectivity index (χ3n) is 4.81. The summed E-state index contributed by atoms with van der Waals surface area (Å²) in [6, 6.07) is 0. The van der Waals surface area contributed by atoms with Gasteiger partial charge in [-0.05, 0) is 26.4 Å². The number of imidazole rings is 1. The minimum absolute atomic E-state index is 0.481. The topological polar surface area (TPSA) is 21.1 Å². The van der Waals surface area contributed by atoms with Crippen molar-refractivity contribution in [3.8, 4) is 0 Å². The van der Waals surface area contributed by atoms with Crippen LogP contribution in [0.15, 0.2) is 18.7 Å². The van der Waals surface area contributed by atoms with Crippen LogP contribution in [0, 0.1) is 0 Å². The maximum Gasteiger partial charge on any atom is 0.0959 e. The first kappa shape index (κ1) is 20.2. The second kappa shape index (κ2) is 13.6. The normalized spacial score (nSPS) is 12.9. The van der Waals surface area contributed by atoms with E-state index in [9.17, 15) is 0 Å². The average molecular weight is 322 g/mol. The number of hydrogen-bond donors (Lipinski definition) is 0. The van der Waals surface area contributed by atoms with Crippen LogP contribution in [-0.4, -0.2) is 28.0 Å². The highest BCUT2D eigenvalue weighted by Gasteiger charge is 2.15. The second-order valence-corrected chi connectivity index (χ2v) is 6.94. The smallest absolute Gasteiger partial charge is 0.0959 e. The van der Waals surface area contributed by atoms with Gasteiger partial charge < -0.3 is 4.57 Å². The number of unbranched alkanes of at least 4 members (excludes halogenated alkanes) is 9. The minimum atomic E-state index is 0.481. The predicted molar refractivity (Wildman–Crippen MR) is 101 cm³/mol. The molecule has 1 aromatic heterocycles. The van der Waals surface area contributed by atoms with E-state index in [1.807, 2.05) is 12.5 Å². The van der Waals surface area contributed by atoms with Crippen molar-refractivity contribution in [2.45, 2.75) is 97.1 Å². The molecular formula is C20H39N3. The Kier molecular flexibility index (Phi) is 11.9. The highest BCUT2D eigenvalue weighted by atomic mass is 15.3. The molecule has 0 fully saturated rings. The van der Waals surface area contributed by atoms with Gasteiger partial charge in [-0.3, -0.25) is 4.90 Å². The van der Waals surface area contributed by atoms with E-state index in [0.717, 1.165) is 0 Å². The molecule has 1 unspecified atom stereocenters. The molecule has 3 heteroatoms. The van der Waals surface area contributed by atoms with E-state index in [4.69, 9.17) is 0 Å². The van der Waals surface area contributed by atoms with Crippen LogP contribution in [0.3, 0.4) is 0 Å². The van der Waals surface area contributed by atoms with Crippen molar-refractivity contribution < 1.29 is 0 Å². The number of rotatable bonds is 15. The van der Waals surface area contributed by atoms with Gasteiger partial charge in [0, 0.05) is 12.4 Å². The molecule has 134 valence electrons. The zero-order chi connectivity index (χ0) is 16.8. The highest BCUT2D eigenvalue weighted by molar-refractivity contribution is 4.80. The zero-order valence-corrected chi connectivity index (χ0v) is 15.8. The molecule has 0 aliphatic carbocycles. The summed E-state index contributed by atoms with van der Waals surface area (Å²) in [6.07, 6.45) is 22.7. The molecule has 1 heterocycles. The lowest BCUT2D eigenvalue weighted by molar-refractivity contribution is 0.158. The maximum absolute atomic E-state index is 4.25. The summed E-state index contributed by atoms with van der Waals surface area (Å²) in [5.41, 5.74) is 0. The van der Waals surface area contributed by atoms with Crippen LogP contribution in [0.5, 0.6) is 0 Å². The van der Waals surface area contributed by atoms with E-state index in [0.29, 0.717) is 6.17 Å². The zero-order valence-electron chi connectivity index (χ0n) is 15.8. The molecule has 0 saturated heterocycles. The maximum atomic E-state index is 4.25. The van der Waals surface area contributed by atoms with Gasteiger partial charge in [0.2, 0.25) is 0 Å². The summed E-state index contributed by atoms with van der Waals surface area (Å²) in [6.45, 7) is 5.76. The molecule has 1 rings (SSSR count). The van der Waals surface area contributed by atoms with Crippen molar-refractivity contribution in [1.82, 2.24) is 14.5 Å². The van der Waals surface area contributed by atoms with Gasteiger partial charge in [-0.2, -0.15) is 0 Å². The Balaban J connectivity index is 2.30. The van der Waals surface area contributed by atoms with Crippen molar-refractivity contribution in [1.29, 1.82) is 0 Å². The van der Waals surface area contributed by atoms with Gasteiger partial charge in [0.1, 0.15) is 0 Å². The van der Waals surface area contributed by atoms with Crippen LogP contribution in [0.25, 0.3) is 0 Å². The second-order valence-electron chi connectivity index (χ2n) is 6.94. The molecule has 0 aliphatic rings. The lowest BCUT2D eigenvalue weighted by Crippen LogP contribution is -2.29. The molecular weight excluding hydrogens is 282 g/mol. The van der Waals surface area contributed by atoms with Gasteiger partial charge in [0.05, 0.1) is 12.5 Å². The molecule has 0 amide bonds. The molecule has 0 radical (unpaired) electrons. The number of aromatic nitrogens is 2. The monoisotopic (exact) mass is 321 g/mol. The van der Waals surface area contributed by atoms with Gasteiger partial charge in [0.15, 0.2) is 0 Å². The average Bonchev–Trinajstić information content (AvgIpc) is 3.08. The standard InChI is InChI=1S/C20H39N3/c1-4-6-8-10-12-14-17-22(3)20(23-18-16-21-19-23)15-13-11-9-7-5-2/h16,18-20H,4-15,17H2,1-3H3. The largest absolute Gasteiger partial charge is 0.321 e. The summed E-state index contributed by atoms with van der Waals surface area (Å²) < 4.78 is 2.29. The first-order valence-electron chi connectivity index (χ1n) is 9.97. The molecule has 3 nitrogen and oxygen atoms in total. The highest BCUT2D eigenvalue weighted by Crippen LogP contribution is 2.20. The van der Waals surface area contributed by atoms with Crippen LogP contribution in [-0.2, 0) is 0 Å². The first-order chi connectivity index (χ1) is 11.3. The lowest BCUT2D eigenvalue weighted by Gasteiger charge is -2.29. The molecule has 1 aromatic rings. The Bertz CT molecular complexity index is 348. The lowest BCUT2D eigenvalue weighted by atomic mass is 10.1.